The molecule has 0 saturated heterocycles. The van der Waals surface area contributed by atoms with Crippen LogP contribution in [0.5, 0.6) is 0 Å². The van der Waals surface area contributed by atoms with Crippen molar-refractivity contribution in [2.45, 2.75) is 0 Å². The highest BCUT2D eigenvalue weighted by Gasteiger charge is 2.04. The first-order chi connectivity index (χ1) is 5.26. The summed E-state index contributed by atoms with van der Waals surface area (Å²) in [6.07, 6.45) is 4.73. The summed E-state index contributed by atoms with van der Waals surface area (Å²) >= 11 is 0. The smallest absolute Gasteiger partial charge is 0.356 e. The highest BCUT2D eigenvalue weighted by molar-refractivity contribution is 6.41. The van der Waals surface area contributed by atoms with Gasteiger partial charge in [-0.2, -0.15) is 0 Å². The first kappa shape index (κ1) is 9.62. The molecule has 0 aromatic carbocycles. The van der Waals surface area contributed by atoms with E-state index in [1.54, 1.807) is 18.2 Å². The van der Waals surface area contributed by atoms with Crippen LogP contribution in [0.3, 0.4) is 0 Å². The zero-order valence-corrected chi connectivity index (χ0v) is 6.70. The lowest BCUT2D eigenvalue weighted by atomic mass is 10.3. The van der Waals surface area contributed by atoms with Gasteiger partial charge in [0.1, 0.15) is 5.71 Å². The van der Waals surface area contributed by atoms with Crippen molar-refractivity contribution in [3.05, 3.63) is 24.8 Å². The Labute approximate surface area is 66.1 Å². The number of nitrogens with zero attached hydrogens (tertiary/aromatic N) is 1. The van der Waals surface area contributed by atoms with Crippen LogP contribution in [0.2, 0.25) is 0 Å². The van der Waals surface area contributed by atoms with Crippen molar-refractivity contribution in [3.63, 3.8) is 0 Å². The molecule has 0 amide bonds. The molecule has 0 fully saturated rings. The lowest BCUT2D eigenvalue weighted by Gasteiger charge is -1.95. The van der Waals surface area contributed by atoms with Crippen LogP contribution in [0.4, 0.5) is 0 Å². The molecular weight excluding hydrogens is 142 g/mol. The Morgan fingerprint density at radius 2 is 2.27 bits per heavy atom. The third kappa shape index (κ3) is 3.35. The van der Waals surface area contributed by atoms with Gasteiger partial charge in [-0.25, -0.2) is 4.79 Å². The zero-order valence-electron chi connectivity index (χ0n) is 6.70. The molecule has 3 nitrogen and oxygen atoms in total. The van der Waals surface area contributed by atoms with E-state index in [1.807, 2.05) is 0 Å². The Morgan fingerprint density at radius 3 is 2.64 bits per heavy atom. The minimum Gasteiger partial charge on any atom is -0.464 e. The van der Waals surface area contributed by atoms with Gasteiger partial charge in [-0.15, -0.1) is 0 Å². The Balaban J connectivity index is 4.31. The Morgan fingerprint density at radius 1 is 1.64 bits per heavy atom. The quantitative estimate of drug-likeness (QED) is 0.344. The SMILES string of the molecule is C=C/C=C\C(=N/C)C(=O)OC. The molecule has 0 aromatic heterocycles. The average Bonchev–Trinajstić information content (AvgIpc) is 2.05. The summed E-state index contributed by atoms with van der Waals surface area (Å²) < 4.78 is 4.45. The van der Waals surface area contributed by atoms with Gasteiger partial charge < -0.3 is 4.74 Å². The van der Waals surface area contributed by atoms with Crippen molar-refractivity contribution < 1.29 is 9.53 Å². The van der Waals surface area contributed by atoms with Gasteiger partial charge in [0.15, 0.2) is 0 Å². The molecule has 0 aliphatic rings. The molecule has 11 heavy (non-hydrogen) atoms. The molecule has 0 radical (unpaired) electrons. The van der Waals surface area contributed by atoms with Crippen LogP contribution in [-0.4, -0.2) is 25.8 Å². The number of hydrogen-bond donors (Lipinski definition) is 0. The van der Waals surface area contributed by atoms with Gasteiger partial charge in [0.05, 0.1) is 7.11 Å². The average molecular weight is 153 g/mol. The topological polar surface area (TPSA) is 38.7 Å². The van der Waals surface area contributed by atoms with Crippen LogP contribution in [0, 0.1) is 0 Å². The third-order valence-corrected chi connectivity index (χ3v) is 1.03. The van der Waals surface area contributed by atoms with E-state index in [-0.39, 0.29) is 5.71 Å². The van der Waals surface area contributed by atoms with Crippen molar-refractivity contribution in [3.8, 4) is 0 Å². The number of rotatable bonds is 3. The van der Waals surface area contributed by atoms with Gasteiger partial charge in [-0.05, 0) is 6.08 Å². The maximum Gasteiger partial charge on any atom is 0.356 e. The number of carbonyl (C=O) groups is 1. The number of esters is 1. The standard InChI is InChI=1S/C8H11NO2/c1-4-5-6-7(9-2)8(10)11-3/h4-6H,1H2,2-3H3/b6-5-,9-7+. The van der Waals surface area contributed by atoms with Crippen molar-refractivity contribution >= 4 is 11.7 Å². The first-order valence-electron chi connectivity index (χ1n) is 3.10. The lowest BCUT2D eigenvalue weighted by molar-refractivity contribution is -0.132. The van der Waals surface area contributed by atoms with E-state index in [4.69, 9.17) is 0 Å². The fourth-order valence-corrected chi connectivity index (χ4v) is 0.498. The van der Waals surface area contributed by atoms with E-state index in [2.05, 4.69) is 16.3 Å². The number of hydrogen-bond acceptors (Lipinski definition) is 3. The molecule has 0 atom stereocenters. The van der Waals surface area contributed by atoms with Gasteiger partial charge in [-0.1, -0.05) is 18.7 Å². The summed E-state index contributed by atoms with van der Waals surface area (Å²) in [6.45, 7) is 3.46. The first-order valence-corrected chi connectivity index (χ1v) is 3.10. The molecular formula is C8H11NO2. The zero-order chi connectivity index (χ0) is 8.69. The van der Waals surface area contributed by atoms with Crippen LogP contribution < -0.4 is 0 Å². The van der Waals surface area contributed by atoms with E-state index < -0.39 is 5.97 Å². The minimum atomic E-state index is -0.439. The van der Waals surface area contributed by atoms with Crippen molar-refractivity contribution in [2.24, 2.45) is 4.99 Å². The highest BCUT2D eigenvalue weighted by Crippen LogP contribution is 1.85. The molecule has 0 aliphatic carbocycles. The Hall–Kier alpha value is -1.38. The van der Waals surface area contributed by atoms with Gasteiger partial charge >= 0.3 is 5.97 Å². The fraction of sp³-hybridized carbons (Fsp3) is 0.250. The molecule has 0 aliphatic heterocycles. The fourth-order valence-electron chi connectivity index (χ4n) is 0.498. The van der Waals surface area contributed by atoms with Gasteiger partial charge in [0, 0.05) is 7.05 Å². The number of ether oxygens (including phenoxy) is 1. The highest BCUT2D eigenvalue weighted by atomic mass is 16.5. The normalized spacial score (nSPS) is 11.6. The molecule has 0 bridgehead atoms. The Kier molecular flexibility index (Phi) is 4.73. The second-order valence-electron chi connectivity index (χ2n) is 1.70. The number of carbonyl (C=O) groups excluding carboxylic acids is 1. The minimum absolute atomic E-state index is 0.285. The summed E-state index contributed by atoms with van der Waals surface area (Å²) in [5.41, 5.74) is 0.285. The van der Waals surface area contributed by atoms with Gasteiger partial charge in [0.25, 0.3) is 0 Å². The van der Waals surface area contributed by atoms with Gasteiger partial charge in [0.2, 0.25) is 0 Å². The molecule has 0 heterocycles. The van der Waals surface area contributed by atoms with E-state index in [9.17, 15) is 4.79 Å². The van der Waals surface area contributed by atoms with E-state index in [0.29, 0.717) is 0 Å². The molecule has 0 saturated carbocycles. The largest absolute Gasteiger partial charge is 0.464 e. The van der Waals surface area contributed by atoms with E-state index in [1.165, 1.54) is 14.2 Å². The monoisotopic (exact) mass is 153 g/mol. The summed E-state index contributed by atoms with van der Waals surface area (Å²) in [4.78, 5) is 14.5. The van der Waals surface area contributed by atoms with Crippen molar-refractivity contribution in [1.82, 2.24) is 0 Å². The van der Waals surface area contributed by atoms with E-state index in [0.717, 1.165) is 0 Å². The molecule has 3 heteroatoms. The molecule has 0 N–H and O–H groups in total. The van der Waals surface area contributed by atoms with Crippen LogP contribution in [-0.2, 0) is 9.53 Å². The lowest BCUT2D eigenvalue weighted by Crippen LogP contribution is -2.12. The third-order valence-electron chi connectivity index (χ3n) is 1.03. The second kappa shape index (κ2) is 5.41. The number of aliphatic imine (C=N–C) groups is 1. The van der Waals surface area contributed by atoms with Gasteiger partial charge in [-0.3, -0.25) is 4.99 Å². The van der Waals surface area contributed by atoms with Crippen LogP contribution >= 0.6 is 0 Å². The van der Waals surface area contributed by atoms with Crippen LogP contribution in [0.1, 0.15) is 0 Å². The second-order valence-corrected chi connectivity index (χ2v) is 1.70. The Bertz CT molecular complexity index is 204. The summed E-state index contributed by atoms with van der Waals surface area (Å²) in [5.74, 6) is -0.439. The molecule has 0 spiro atoms. The van der Waals surface area contributed by atoms with Crippen LogP contribution in [0.25, 0.3) is 0 Å². The maximum atomic E-state index is 10.8. The predicted octanol–water partition coefficient (Wildman–Crippen LogP) is 0.972. The molecule has 0 unspecified atom stereocenters. The van der Waals surface area contributed by atoms with E-state index >= 15 is 0 Å². The molecule has 0 aromatic rings. The van der Waals surface area contributed by atoms with Crippen molar-refractivity contribution in [1.29, 1.82) is 0 Å². The summed E-state index contributed by atoms with van der Waals surface area (Å²) in [7, 11) is 2.84. The van der Waals surface area contributed by atoms with Crippen LogP contribution in [0.15, 0.2) is 29.8 Å². The number of methoxy groups -OCH3 is 1. The summed E-state index contributed by atoms with van der Waals surface area (Å²) in [5, 5.41) is 0. The number of allylic oxidation sites excluding steroid dienone is 2. The van der Waals surface area contributed by atoms with Crippen molar-refractivity contribution in [2.75, 3.05) is 14.2 Å². The summed E-state index contributed by atoms with van der Waals surface area (Å²) in [6, 6.07) is 0. The molecule has 0 rings (SSSR count). The predicted molar refractivity (Wildman–Crippen MR) is 44.7 cm³/mol. The maximum absolute atomic E-state index is 10.8. The molecule has 60 valence electrons.